The minimum Gasteiger partial charge on any atom is -0.373 e. The van der Waals surface area contributed by atoms with E-state index in [2.05, 4.69) is 62.4 Å². The summed E-state index contributed by atoms with van der Waals surface area (Å²) in [5.74, 6) is 0. The molecule has 0 amide bonds. The Bertz CT molecular complexity index is 667. The highest BCUT2D eigenvalue weighted by Crippen LogP contribution is 2.27. The van der Waals surface area contributed by atoms with E-state index in [9.17, 15) is 0 Å². The van der Waals surface area contributed by atoms with Crippen LogP contribution in [-0.2, 0) is 15.9 Å². The Morgan fingerprint density at radius 3 is 2.00 bits per heavy atom. The van der Waals surface area contributed by atoms with Gasteiger partial charge in [-0.1, -0.05) is 94.5 Å². The quantitative estimate of drug-likeness (QED) is 0.408. The van der Waals surface area contributed by atoms with E-state index in [0.29, 0.717) is 13.2 Å². The van der Waals surface area contributed by atoms with E-state index in [1.54, 1.807) is 0 Å². The molecule has 3 rings (SSSR count). The summed E-state index contributed by atoms with van der Waals surface area (Å²) in [7, 11) is 0. The van der Waals surface area contributed by atoms with Gasteiger partial charge in [-0.15, -0.1) is 0 Å². The fraction of sp³-hybridized carbons (Fsp3) is 0.538. The van der Waals surface area contributed by atoms with Crippen LogP contribution in [0.25, 0.3) is 11.1 Å². The van der Waals surface area contributed by atoms with Crippen molar-refractivity contribution in [1.29, 1.82) is 0 Å². The van der Waals surface area contributed by atoms with Gasteiger partial charge in [0.2, 0.25) is 0 Å². The van der Waals surface area contributed by atoms with Gasteiger partial charge in [-0.2, -0.15) is 0 Å². The zero-order valence-corrected chi connectivity index (χ0v) is 17.7. The first-order valence-electron chi connectivity index (χ1n) is 11.2. The molecule has 0 N–H and O–H groups in total. The number of benzene rings is 2. The molecule has 152 valence electrons. The Balaban J connectivity index is 1.51. The van der Waals surface area contributed by atoms with Crippen molar-refractivity contribution in [3.63, 3.8) is 0 Å². The largest absolute Gasteiger partial charge is 0.373 e. The molecule has 0 aliphatic carbocycles. The first-order valence-corrected chi connectivity index (χ1v) is 11.2. The maximum Gasteiger partial charge on any atom is 0.106 e. The van der Waals surface area contributed by atoms with Gasteiger partial charge >= 0.3 is 0 Å². The van der Waals surface area contributed by atoms with Crippen LogP contribution in [0, 0.1) is 0 Å². The van der Waals surface area contributed by atoms with E-state index < -0.39 is 0 Å². The summed E-state index contributed by atoms with van der Waals surface area (Å²) in [4.78, 5) is 0. The monoisotopic (exact) mass is 380 g/mol. The van der Waals surface area contributed by atoms with Gasteiger partial charge in [0.15, 0.2) is 0 Å². The average Bonchev–Trinajstić information content (AvgIpc) is 2.75. The standard InChI is InChI=1S/C26H36O2/c1-3-5-6-7-8-10-21-11-13-22(14-12-21)23-15-17-24(18-16-23)26-20-27-25(9-4-2)19-28-26/h11-18,25-26H,3-10,19-20H2,1-2H3/t25-,26-/m1/s1. The number of hydrogen-bond donors (Lipinski definition) is 0. The predicted octanol–water partition coefficient (Wildman–Crippen LogP) is 7.12. The molecule has 0 aromatic heterocycles. The highest BCUT2D eigenvalue weighted by molar-refractivity contribution is 5.64. The molecule has 0 bridgehead atoms. The van der Waals surface area contributed by atoms with Crippen LogP contribution in [0.3, 0.4) is 0 Å². The lowest BCUT2D eigenvalue weighted by atomic mass is 9.99. The van der Waals surface area contributed by atoms with Crippen molar-refractivity contribution in [2.45, 2.75) is 77.4 Å². The van der Waals surface area contributed by atoms with E-state index >= 15 is 0 Å². The second kappa shape index (κ2) is 11.4. The number of rotatable bonds is 10. The van der Waals surface area contributed by atoms with Crippen molar-refractivity contribution in [3.05, 3.63) is 59.7 Å². The Labute approximate surface area is 171 Å². The summed E-state index contributed by atoms with van der Waals surface area (Å²) in [6, 6.07) is 17.9. The van der Waals surface area contributed by atoms with Crippen molar-refractivity contribution in [2.24, 2.45) is 0 Å². The molecule has 1 heterocycles. The zero-order valence-electron chi connectivity index (χ0n) is 17.7. The summed E-state index contributed by atoms with van der Waals surface area (Å²) in [6.07, 6.45) is 10.5. The third kappa shape index (κ3) is 6.18. The molecule has 2 heteroatoms. The van der Waals surface area contributed by atoms with Crippen LogP contribution in [0.4, 0.5) is 0 Å². The van der Waals surface area contributed by atoms with Gasteiger partial charge in [-0.25, -0.2) is 0 Å². The van der Waals surface area contributed by atoms with Crippen LogP contribution >= 0.6 is 0 Å². The number of unbranched alkanes of at least 4 members (excludes halogenated alkanes) is 4. The number of ether oxygens (including phenoxy) is 2. The van der Waals surface area contributed by atoms with E-state index in [1.165, 1.54) is 60.8 Å². The minimum absolute atomic E-state index is 0.0669. The maximum absolute atomic E-state index is 6.03. The van der Waals surface area contributed by atoms with E-state index in [4.69, 9.17) is 9.47 Å². The second-order valence-electron chi connectivity index (χ2n) is 8.05. The van der Waals surface area contributed by atoms with Gasteiger partial charge < -0.3 is 9.47 Å². The molecular formula is C26H36O2. The molecule has 0 radical (unpaired) electrons. The molecule has 2 nitrogen and oxygen atoms in total. The van der Waals surface area contributed by atoms with Gasteiger partial charge in [0.05, 0.1) is 19.3 Å². The molecule has 28 heavy (non-hydrogen) atoms. The molecule has 0 saturated carbocycles. The van der Waals surface area contributed by atoms with Crippen molar-refractivity contribution in [2.75, 3.05) is 13.2 Å². The minimum atomic E-state index is 0.0669. The van der Waals surface area contributed by atoms with E-state index in [-0.39, 0.29) is 12.2 Å². The normalized spacial score (nSPS) is 19.6. The summed E-state index contributed by atoms with van der Waals surface area (Å²) in [6.45, 7) is 5.83. The molecule has 0 unspecified atom stereocenters. The highest BCUT2D eigenvalue weighted by atomic mass is 16.6. The number of aryl methyl sites for hydroxylation is 1. The lowest BCUT2D eigenvalue weighted by Crippen LogP contribution is -2.30. The average molecular weight is 381 g/mol. The van der Waals surface area contributed by atoms with E-state index in [1.807, 2.05) is 0 Å². The third-order valence-corrected chi connectivity index (χ3v) is 5.72. The highest BCUT2D eigenvalue weighted by Gasteiger charge is 2.22. The zero-order chi connectivity index (χ0) is 19.6. The topological polar surface area (TPSA) is 18.5 Å². The molecule has 1 saturated heterocycles. The van der Waals surface area contributed by atoms with E-state index in [0.717, 1.165) is 12.8 Å². The van der Waals surface area contributed by atoms with Crippen LogP contribution in [0.1, 0.15) is 76.0 Å². The summed E-state index contributed by atoms with van der Waals surface area (Å²) in [5.41, 5.74) is 5.21. The fourth-order valence-electron chi connectivity index (χ4n) is 3.91. The Morgan fingerprint density at radius 1 is 0.714 bits per heavy atom. The predicted molar refractivity (Wildman–Crippen MR) is 118 cm³/mol. The van der Waals surface area contributed by atoms with Crippen LogP contribution in [0.15, 0.2) is 48.5 Å². The summed E-state index contributed by atoms with van der Waals surface area (Å²) < 4.78 is 12.0. The lowest BCUT2D eigenvalue weighted by Gasteiger charge is -2.29. The Hall–Kier alpha value is -1.64. The third-order valence-electron chi connectivity index (χ3n) is 5.72. The fourth-order valence-corrected chi connectivity index (χ4v) is 3.91. The summed E-state index contributed by atoms with van der Waals surface area (Å²) >= 11 is 0. The SMILES string of the molecule is CCCCCCCc1ccc(-c2ccc([C@H]3CO[C@H](CCC)CO3)cc2)cc1. The first-order chi connectivity index (χ1) is 13.8. The van der Waals surface area contributed by atoms with Crippen molar-refractivity contribution < 1.29 is 9.47 Å². The first kappa shape index (κ1) is 21.1. The molecule has 1 aliphatic heterocycles. The molecule has 1 aliphatic rings. The Kier molecular flexibility index (Phi) is 8.57. The maximum atomic E-state index is 6.03. The number of hydrogen-bond acceptors (Lipinski definition) is 2. The van der Waals surface area contributed by atoms with Gasteiger partial charge in [0.1, 0.15) is 6.10 Å². The molecule has 0 spiro atoms. The van der Waals surface area contributed by atoms with Gasteiger partial charge in [-0.05, 0) is 41.5 Å². The molecular weight excluding hydrogens is 344 g/mol. The van der Waals surface area contributed by atoms with Crippen molar-refractivity contribution in [1.82, 2.24) is 0 Å². The molecule has 1 fully saturated rings. The summed E-state index contributed by atoms with van der Waals surface area (Å²) in [5, 5.41) is 0. The lowest BCUT2D eigenvalue weighted by molar-refractivity contribution is -0.137. The Morgan fingerprint density at radius 2 is 1.39 bits per heavy atom. The van der Waals surface area contributed by atoms with Gasteiger partial charge in [-0.3, -0.25) is 0 Å². The molecule has 2 aromatic rings. The van der Waals surface area contributed by atoms with Crippen LogP contribution in [-0.4, -0.2) is 19.3 Å². The molecule has 2 atom stereocenters. The van der Waals surface area contributed by atoms with Crippen LogP contribution in [0.2, 0.25) is 0 Å². The van der Waals surface area contributed by atoms with Crippen molar-refractivity contribution >= 4 is 0 Å². The van der Waals surface area contributed by atoms with Gasteiger partial charge in [0.25, 0.3) is 0 Å². The smallest absolute Gasteiger partial charge is 0.106 e. The second-order valence-corrected chi connectivity index (χ2v) is 8.05. The molecule has 2 aromatic carbocycles. The van der Waals surface area contributed by atoms with Crippen LogP contribution in [0.5, 0.6) is 0 Å². The van der Waals surface area contributed by atoms with Crippen molar-refractivity contribution in [3.8, 4) is 11.1 Å². The van der Waals surface area contributed by atoms with Gasteiger partial charge in [0, 0.05) is 0 Å². The van der Waals surface area contributed by atoms with Crippen LogP contribution < -0.4 is 0 Å².